The quantitative estimate of drug-likeness (QED) is 0.237. The Morgan fingerprint density at radius 1 is 0.865 bits per heavy atom. The van der Waals surface area contributed by atoms with E-state index in [1.165, 1.54) is 20.1 Å². The molecule has 1 amide bonds. The zero-order valence-electron chi connectivity index (χ0n) is 21.2. The van der Waals surface area contributed by atoms with Crippen LogP contribution in [0.2, 0.25) is 0 Å². The largest absolute Gasteiger partial charge is 0 e. The summed E-state index contributed by atoms with van der Waals surface area (Å²) in [7, 11) is 1.54. The zero-order valence-corrected chi connectivity index (χ0v) is 40.6. The standard InChI is InChI=1S/C18H29N5O7.Ga.6Y/c1-14(18(29)30)23-9-7-20(11-15(24)19-2)3-4-21(12-16(25)26)5-6-22(8-10-23)13-17(27)28;;;;;;;/h11-14H,3-10H2,1-2H3,(H,19,24)(H,25,26)(H,29,30);;;;;;;/q-3;+2;;;;;;/p-2. The molecule has 3 atom stereocenters. The molecule has 0 spiro atoms. The van der Waals surface area contributed by atoms with E-state index in [-0.39, 0.29) is 202 Å². The van der Waals surface area contributed by atoms with Crippen molar-refractivity contribution in [2.24, 2.45) is 0 Å². The van der Waals surface area contributed by atoms with E-state index in [0.717, 1.165) is 6.54 Å². The summed E-state index contributed by atoms with van der Waals surface area (Å²) in [5, 5.41) is 13.7. The van der Waals surface area contributed by atoms with Gasteiger partial charge in [0.1, 0.15) is 0 Å². The van der Waals surface area contributed by atoms with Crippen molar-refractivity contribution in [1.29, 1.82) is 0 Å². The number of rotatable bonds is 4. The molecule has 0 aromatic heterocycles. The van der Waals surface area contributed by atoms with Crippen molar-refractivity contribution in [1.82, 2.24) is 24.9 Å². The van der Waals surface area contributed by atoms with Gasteiger partial charge in [-0.3, -0.25) is 0 Å². The van der Waals surface area contributed by atoms with Crippen LogP contribution < -0.4 is 5.32 Å². The maximum absolute atomic E-state index is 12.5. The van der Waals surface area contributed by atoms with Gasteiger partial charge in [-0.2, -0.15) is 0 Å². The predicted molar refractivity (Wildman–Crippen MR) is 106 cm³/mol. The summed E-state index contributed by atoms with van der Waals surface area (Å²) in [6.45, 7) is 8.56. The van der Waals surface area contributed by atoms with E-state index in [2.05, 4.69) is 5.32 Å². The van der Waals surface area contributed by atoms with Crippen LogP contribution in [0.1, 0.15) is 6.92 Å². The minimum absolute atomic E-state index is 0. The van der Waals surface area contributed by atoms with E-state index in [1.807, 2.05) is 9.80 Å². The Morgan fingerprint density at radius 2 is 1.35 bits per heavy atom. The van der Waals surface area contributed by atoms with Crippen molar-refractivity contribution < 1.29 is 228 Å². The van der Waals surface area contributed by atoms with Crippen LogP contribution in [0.25, 0.3) is 0 Å². The van der Waals surface area contributed by atoms with Crippen LogP contribution in [0.4, 0.5) is 0 Å². The molecule has 2 bridgehead atoms. The first-order chi connectivity index (χ1) is 14.8. The molecule has 12 nitrogen and oxygen atoms in total. The minimum atomic E-state index is -1.99. The second kappa shape index (κ2) is 29.3. The van der Waals surface area contributed by atoms with Crippen molar-refractivity contribution >= 4 is 42.0 Å². The molecule has 3 aliphatic heterocycles. The average molecular weight is 1030 g/mol. The first kappa shape index (κ1) is 51.2. The molecule has 19 heteroatoms. The Morgan fingerprint density at radius 3 is 1.84 bits per heavy atom. The summed E-state index contributed by atoms with van der Waals surface area (Å²) in [6.07, 6.45) is 0. The number of hydrogen-bond donors (Lipinski definition) is 1. The second-order valence-electron chi connectivity index (χ2n) is 7.11. The molecule has 3 fully saturated rings. The number of amides is 1. The summed E-state index contributed by atoms with van der Waals surface area (Å²) in [5.74, 6) is -2.70. The Balaban J connectivity index is -0.000000569. The fourth-order valence-corrected chi connectivity index (χ4v) is 4.21. The first-order valence-corrected chi connectivity index (χ1v) is 11.9. The number of nitrogens with one attached hydrogen (secondary N) is 1. The molecule has 1 N–H and O–H groups in total. The molecule has 0 aromatic rings. The fourth-order valence-electron chi connectivity index (χ4n) is 3.17. The Bertz CT molecular complexity index is 676. The van der Waals surface area contributed by atoms with Gasteiger partial charge in [-0.05, 0) is 0 Å². The Labute approximate surface area is 378 Å². The Hall–Kier alpha value is 4.59. The van der Waals surface area contributed by atoms with Gasteiger partial charge < -0.3 is 0 Å². The third-order valence-corrected chi connectivity index (χ3v) is 6.42. The SMILES string of the molecule is CNC(=O)[CH-]N1CCN2[CH-]C(=O)[O][Ga][O]C(=O)C(C)N(CCN([CH-]C([O])=O)CC2)CC1.[Y].[Y].[Y].[Y].[Y].[Y]. The minimum Gasteiger partial charge on any atom is 0 e. The zero-order chi connectivity index (χ0) is 22.8. The molecule has 37 heavy (non-hydrogen) atoms. The van der Waals surface area contributed by atoms with Crippen molar-refractivity contribution in [3.05, 3.63) is 19.6 Å². The number of carbonyl (C=O) groups excluding carboxylic acids is 4. The van der Waals surface area contributed by atoms with E-state index in [0.29, 0.717) is 52.4 Å². The van der Waals surface area contributed by atoms with Gasteiger partial charge in [-0.25, -0.2) is 0 Å². The van der Waals surface area contributed by atoms with E-state index in [1.54, 1.807) is 16.7 Å². The van der Waals surface area contributed by atoms with Gasteiger partial charge in [-0.15, -0.1) is 0 Å². The molecule has 190 valence electrons. The van der Waals surface area contributed by atoms with Crippen LogP contribution in [0.3, 0.4) is 0 Å². The molecule has 3 heterocycles. The summed E-state index contributed by atoms with van der Waals surface area (Å²) in [4.78, 5) is 54.6. The number of hydrogen-bond acceptors (Lipinski definition) is 10. The van der Waals surface area contributed by atoms with Crippen LogP contribution in [0, 0.1) is 19.6 Å². The maximum Gasteiger partial charge on any atom is 0 e. The van der Waals surface area contributed by atoms with E-state index in [9.17, 15) is 24.3 Å². The molecule has 0 saturated carbocycles. The van der Waals surface area contributed by atoms with Crippen molar-refractivity contribution in [3.63, 3.8) is 0 Å². The molecule has 3 saturated heterocycles. The third-order valence-electron chi connectivity index (χ3n) is 5.04. The van der Waals surface area contributed by atoms with Gasteiger partial charge in [-0.1, -0.05) is 0 Å². The van der Waals surface area contributed by atoms with Gasteiger partial charge >= 0.3 is 190 Å². The first-order valence-electron chi connectivity index (χ1n) is 9.94. The molecule has 8 radical (unpaired) electrons. The van der Waals surface area contributed by atoms with Gasteiger partial charge in [0.25, 0.3) is 0 Å². The molecule has 3 aliphatic rings. The van der Waals surface area contributed by atoms with Crippen molar-refractivity contribution in [2.45, 2.75) is 13.0 Å². The molecular weight excluding hydrogens is 1000 g/mol. The molecular formula is C18H27GaN5O7Y6-3. The second-order valence-corrected chi connectivity index (χ2v) is 8.50. The van der Waals surface area contributed by atoms with Crippen LogP contribution in [-0.4, -0.2) is 127 Å². The number of fused-ring (bicyclic) bond motifs is 14. The summed E-state index contributed by atoms with van der Waals surface area (Å²) in [6, 6.07) is -0.631. The number of likely N-dealkylation sites (N-methyl/N-ethyl adjacent to an activating group) is 1. The van der Waals surface area contributed by atoms with Crippen molar-refractivity contribution in [2.75, 3.05) is 59.4 Å². The van der Waals surface area contributed by atoms with Gasteiger partial charge in [0.15, 0.2) is 0 Å². The fraction of sp³-hybridized carbons (Fsp3) is 0.611. The summed E-state index contributed by atoms with van der Waals surface area (Å²) >= 11 is -1.99. The van der Waals surface area contributed by atoms with Crippen LogP contribution in [0.5, 0.6) is 0 Å². The van der Waals surface area contributed by atoms with Gasteiger partial charge in [0, 0.05) is 196 Å². The van der Waals surface area contributed by atoms with E-state index in [4.69, 9.17) is 7.06 Å². The normalized spacial score (nSPS) is 22.6. The van der Waals surface area contributed by atoms with Crippen LogP contribution in [0.15, 0.2) is 0 Å². The molecule has 3 rings (SSSR count). The van der Waals surface area contributed by atoms with Crippen LogP contribution in [-0.2, 0) is 228 Å². The van der Waals surface area contributed by atoms with Gasteiger partial charge in [0.2, 0.25) is 0 Å². The monoisotopic (exact) mass is 1030 g/mol. The number of carbonyl (C=O) groups is 4. The van der Waals surface area contributed by atoms with Crippen LogP contribution >= 0.6 is 0 Å². The van der Waals surface area contributed by atoms with E-state index >= 15 is 0 Å². The van der Waals surface area contributed by atoms with E-state index < -0.39 is 42.1 Å². The Kier molecular flexibility index (Phi) is 40.5. The van der Waals surface area contributed by atoms with Crippen molar-refractivity contribution in [3.8, 4) is 0 Å². The number of nitrogens with zero attached hydrogens (tertiary/aromatic N) is 4. The maximum atomic E-state index is 12.5. The van der Waals surface area contributed by atoms with Gasteiger partial charge in [0.05, 0.1) is 0 Å². The summed E-state index contributed by atoms with van der Waals surface area (Å²) in [5.41, 5.74) is 0. The molecule has 3 unspecified atom stereocenters. The molecule has 0 aromatic carbocycles. The topological polar surface area (TPSA) is 132 Å². The molecule has 0 aliphatic carbocycles. The summed E-state index contributed by atoms with van der Waals surface area (Å²) < 4.78 is 10.3. The smallest absolute Gasteiger partial charge is 0 e. The predicted octanol–water partition coefficient (Wildman–Crippen LogP) is -2.60. The average Bonchev–Trinajstić information content (AvgIpc) is 2.72. The third kappa shape index (κ3) is 21.9.